The van der Waals surface area contributed by atoms with E-state index in [0.717, 1.165) is 15.6 Å². The minimum absolute atomic E-state index is 0.267. The minimum atomic E-state index is -0.536. The number of esters is 2. The summed E-state index contributed by atoms with van der Waals surface area (Å²) >= 11 is 3.52. The Balaban J connectivity index is 2.55. The third-order valence-corrected chi connectivity index (χ3v) is 4.71. The molecule has 5 nitrogen and oxygen atoms in total. The molecule has 1 aromatic carbocycles. The van der Waals surface area contributed by atoms with E-state index in [2.05, 4.69) is 15.9 Å². The number of halogens is 1. The number of nitrogens with zero attached hydrogens (tertiary/aromatic N) is 1. The van der Waals surface area contributed by atoms with Crippen molar-refractivity contribution in [2.24, 2.45) is 0 Å². The average Bonchev–Trinajstić information content (AvgIpc) is 2.57. The summed E-state index contributed by atoms with van der Waals surface area (Å²) in [5.41, 5.74) is 2.71. The molecule has 0 radical (unpaired) electrons. The van der Waals surface area contributed by atoms with Crippen LogP contribution in [0.5, 0.6) is 0 Å². The van der Waals surface area contributed by atoms with Crippen LogP contribution in [0.2, 0.25) is 0 Å². The smallest absolute Gasteiger partial charge is 0.336 e. The van der Waals surface area contributed by atoms with Crippen LogP contribution in [-0.2, 0) is 19.1 Å². The third-order valence-electron chi connectivity index (χ3n) is 3.86. The number of carbonyl (C=O) groups is 2. The average molecular weight is 408 g/mol. The van der Waals surface area contributed by atoms with Crippen LogP contribution < -0.4 is 0 Å². The number of aryl methyl sites for hydroxylation is 1. The van der Waals surface area contributed by atoms with Crippen LogP contribution in [0.4, 0.5) is 0 Å². The normalized spacial score (nSPS) is 14.7. The molecule has 6 heteroatoms. The Morgan fingerprint density at radius 2 is 1.60 bits per heavy atom. The highest BCUT2D eigenvalue weighted by atomic mass is 79.9. The molecule has 0 saturated carbocycles. The van der Waals surface area contributed by atoms with Gasteiger partial charge in [-0.25, -0.2) is 9.59 Å². The minimum Gasteiger partial charge on any atom is -0.463 e. The molecule has 0 bridgehead atoms. The summed E-state index contributed by atoms with van der Waals surface area (Å²) in [7, 11) is 1.76. The molecular weight excluding hydrogens is 386 g/mol. The topological polar surface area (TPSA) is 55.8 Å². The van der Waals surface area contributed by atoms with Gasteiger partial charge in [0.2, 0.25) is 0 Å². The van der Waals surface area contributed by atoms with Crippen molar-refractivity contribution in [2.45, 2.75) is 26.7 Å². The van der Waals surface area contributed by atoms with Crippen LogP contribution in [0.15, 0.2) is 46.2 Å². The maximum Gasteiger partial charge on any atom is 0.336 e. The molecule has 1 aliphatic heterocycles. The van der Waals surface area contributed by atoms with Gasteiger partial charge in [0.1, 0.15) is 0 Å². The van der Waals surface area contributed by atoms with Crippen molar-refractivity contribution in [3.63, 3.8) is 0 Å². The summed E-state index contributed by atoms with van der Waals surface area (Å²) in [5, 5.41) is 0. The van der Waals surface area contributed by atoms with Gasteiger partial charge in [-0.3, -0.25) is 0 Å². The quantitative estimate of drug-likeness (QED) is 0.696. The van der Waals surface area contributed by atoms with Crippen molar-refractivity contribution >= 4 is 27.9 Å². The second-order valence-corrected chi connectivity index (χ2v) is 6.57. The lowest BCUT2D eigenvalue weighted by Crippen LogP contribution is -2.28. The van der Waals surface area contributed by atoms with Crippen LogP contribution in [-0.4, -0.2) is 37.1 Å². The molecule has 0 atom stereocenters. The maximum atomic E-state index is 12.5. The van der Waals surface area contributed by atoms with Crippen molar-refractivity contribution in [3.8, 4) is 0 Å². The summed E-state index contributed by atoms with van der Waals surface area (Å²) in [6.45, 7) is 6.02. The van der Waals surface area contributed by atoms with Gasteiger partial charge < -0.3 is 14.4 Å². The molecule has 0 saturated heterocycles. The molecule has 0 aliphatic carbocycles. The molecule has 134 valence electrons. The van der Waals surface area contributed by atoms with Gasteiger partial charge in [0.05, 0.1) is 30.3 Å². The van der Waals surface area contributed by atoms with Crippen molar-refractivity contribution < 1.29 is 19.1 Å². The first-order chi connectivity index (χ1) is 11.9. The molecule has 1 heterocycles. The number of ether oxygens (including phenoxy) is 2. The molecule has 0 fully saturated rings. The predicted octanol–water partition coefficient (Wildman–Crippen LogP) is 3.68. The number of hydrogen-bond donors (Lipinski definition) is 0. The van der Waals surface area contributed by atoms with Gasteiger partial charge in [-0.1, -0.05) is 28.1 Å². The van der Waals surface area contributed by atoms with Gasteiger partial charge >= 0.3 is 11.9 Å². The summed E-state index contributed by atoms with van der Waals surface area (Å²) in [6.07, 6.45) is 3.39. The van der Waals surface area contributed by atoms with Gasteiger partial charge in [0.25, 0.3) is 0 Å². The SMILES string of the molecule is CCOC(=O)C1=CN(C)C=C(C(=O)OCC)C1c1ccc(C)c(Br)c1. The zero-order valence-electron chi connectivity index (χ0n) is 14.8. The van der Waals surface area contributed by atoms with Crippen LogP contribution in [0.1, 0.15) is 30.9 Å². The van der Waals surface area contributed by atoms with Crippen LogP contribution in [0.3, 0.4) is 0 Å². The lowest BCUT2D eigenvalue weighted by molar-refractivity contribution is -0.139. The van der Waals surface area contributed by atoms with Gasteiger partial charge in [-0.15, -0.1) is 0 Å². The zero-order chi connectivity index (χ0) is 18.6. The Bertz CT molecular complexity index is 703. The Morgan fingerprint density at radius 1 is 1.08 bits per heavy atom. The summed E-state index contributed by atoms with van der Waals surface area (Å²) < 4.78 is 11.3. The van der Waals surface area contributed by atoms with Crippen molar-refractivity contribution in [1.82, 2.24) is 4.90 Å². The van der Waals surface area contributed by atoms with Gasteiger partial charge in [0.15, 0.2) is 0 Å². The van der Waals surface area contributed by atoms with E-state index in [1.807, 2.05) is 25.1 Å². The van der Waals surface area contributed by atoms with E-state index >= 15 is 0 Å². The molecule has 2 rings (SSSR count). The fourth-order valence-corrected chi connectivity index (χ4v) is 3.11. The number of benzene rings is 1. The van der Waals surface area contributed by atoms with E-state index in [1.165, 1.54) is 0 Å². The predicted molar refractivity (Wildman–Crippen MR) is 98.8 cm³/mol. The van der Waals surface area contributed by atoms with Gasteiger partial charge in [0, 0.05) is 23.9 Å². The molecule has 0 spiro atoms. The Labute approximate surface area is 156 Å². The fraction of sp³-hybridized carbons (Fsp3) is 0.368. The maximum absolute atomic E-state index is 12.5. The Hall–Kier alpha value is -2.08. The Kier molecular flexibility index (Phi) is 6.42. The lowest BCUT2D eigenvalue weighted by Gasteiger charge is -2.28. The van der Waals surface area contributed by atoms with E-state index in [0.29, 0.717) is 11.1 Å². The monoisotopic (exact) mass is 407 g/mol. The van der Waals surface area contributed by atoms with E-state index in [4.69, 9.17) is 9.47 Å². The summed E-state index contributed by atoms with van der Waals surface area (Å²) in [5.74, 6) is -1.41. The van der Waals surface area contributed by atoms with Crippen LogP contribution >= 0.6 is 15.9 Å². The largest absolute Gasteiger partial charge is 0.463 e. The molecule has 1 aliphatic rings. The van der Waals surface area contributed by atoms with E-state index < -0.39 is 17.9 Å². The first-order valence-corrected chi connectivity index (χ1v) is 8.94. The molecule has 0 N–H and O–H groups in total. The Morgan fingerprint density at radius 3 is 2.04 bits per heavy atom. The highest BCUT2D eigenvalue weighted by Crippen LogP contribution is 2.38. The van der Waals surface area contributed by atoms with Crippen molar-refractivity contribution in [2.75, 3.05) is 20.3 Å². The van der Waals surface area contributed by atoms with Gasteiger partial charge in [-0.05, 0) is 38.0 Å². The molecule has 0 unspecified atom stereocenters. The lowest BCUT2D eigenvalue weighted by atomic mass is 9.83. The fourth-order valence-electron chi connectivity index (χ4n) is 2.71. The van der Waals surface area contributed by atoms with Gasteiger partial charge in [-0.2, -0.15) is 0 Å². The molecular formula is C19H22BrNO4. The zero-order valence-corrected chi connectivity index (χ0v) is 16.4. The summed E-state index contributed by atoms with van der Waals surface area (Å²) in [6, 6.07) is 5.78. The summed E-state index contributed by atoms with van der Waals surface area (Å²) in [4.78, 5) is 26.7. The molecule has 25 heavy (non-hydrogen) atoms. The first kappa shape index (κ1) is 19.2. The second-order valence-electron chi connectivity index (χ2n) is 5.72. The highest BCUT2D eigenvalue weighted by molar-refractivity contribution is 9.10. The first-order valence-electron chi connectivity index (χ1n) is 8.14. The van der Waals surface area contributed by atoms with E-state index in [-0.39, 0.29) is 13.2 Å². The number of carbonyl (C=O) groups excluding carboxylic acids is 2. The highest BCUT2D eigenvalue weighted by Gasteiger charge is 2.35. The molecule has 1 aromatic rings. The van der Waals surface area contributed by atoms with Crippen LogP contribution in [0.25, 0.3) is 0 Å². The van der Waals surface area contributed by atoms with E-state index in [1.54, 1.807) is 38.2 Å². The number of hydrogen-bond acceptors (Lipinski definition) is 5. The second kappa shape index (κ2) is 8.34. The standard InChI is InChI=1S/C19H22BrNO4/c1-5-24-18(22)14-10-21(4)11-15(19(23)25-6-2)17(14)13-8-7-12(3)16(20)9-13/h7-11,17H,5-6H2,1-4H3. The number of rotatable bonds is 5. The molecule has 0 aromatic heterocycles. The third kappa shape index (κ3) is 4.31. The van der Waals surface area contributed by atoms with E-state index in [9.17, 15) is 9.59 Å². The molecule has 0 amide bonds. The van der Waals surface area contributed by atoms with Crippen molar-refractivity contribution in [1.29, 1.82) is 0 Å². The van der Waals surface area contributed by atoms with Crippen LogP contribution in [0, 0.1) is 6.92 Å². The van der Waals surface area contributed by atoms with Crippen molar-refractivity contribution in [3.05, 3.63) is 57.3 Å².